The maximum atomic E-state index is 11.6. The van der Waals surface area contributed by atoms with Crippen molar-refractivity contribution in [3.63, 3.8) is 0 Å². The number of aromatic nitrogens is 1. The van der Waals surface area contributed by atoms with Gasteiger partial charge in [0.25, 0.3) is 5.91 Å². The number of hydrogen-bond acceptors (Lipinski definition) is 2. The predicted octanol–water partition coefficient (Wildman–Crippen LogP) is 1.52. The Morgan fingerprint density at radius 2 is 2.19 bits per heavy atom. The summed E-state index contributed by atoms with van der Waals surface area (Å²) in [6.07, 6.45) is 0. The highest BCUT2D eigenvalue weighted by molar-refractivity contribution is 9.09. The predicted molar refractivity (Wildman–Crippen MR) is 66.9 cm³/mol. The first-order valence-electron chi connectivity index (χ1n) is 5.12. The van der Waals surface area contributed by atoms with E-state index in [9.17, 15) is 9.59 Å². The van der Waals surface area contributed by atoms with E-state index in [0.717, 1.165) is 0 Å². The molecule has 16 heavy (non-hydrogen) atoms. The van der Waals surface area contributed by atoms with Crippen LogP contribution in [0.1, 0.15) is 24.3 Å². The summed E-state index contributed by atoms with van der Waals surface area (Å²) in [6, 6.07) is 4.51. The van der Waals surface area contributed by atoms with Gasteiger partial charge in [0.05, 0.1) is 0 Å². The maximum absolute atomic E-state index is 11.6. The Morgan fingerprint density at radius 1 is 1.50 bits per heavy atom. The van der Waals surface area contributed by atoms with Crippen molar-refractivity contribution in [1.29, 1.82) is 0 Å². The number of carbonyl (C=O) groups is 1. The molecule has 1 rings (SSSR count). The van der Waals surface area contributed by atoms with Crippen molar-refractivity contribution in [3.8, 4) is 0 Å². The van der Waals surface area contributed by atoms with E-state index in [-0.39, 0.29) is 22.0 Å². The zero-order valence-corrected chi connectivity index (χ0v) is 10.9. The summed E-state index contributed by atoms with van der Waals surface area (Å²) in [6.45, 7) is 4.67. The standard InChI is InChI=1S/C11H15BrN2O2/c1-7(2)8(12)6-13-11(16)9-4-3-5-10(15)14-9/h3-5,7-8H,6H2,1-2H3,(H,13,16)(H,14,15). The Morgan fingerprint density at radius 3 is 2.75 bits per heavy atom. The van der Waals surface area contributed by atoms with Crippen LogP contribution in [0.5, 0.6) is 0 Å². The molecule has 0 saturated carbocycles. The fraction of sp³-hybridized carbons (Fsp3) is 0.455. The minimum absolute atomic E-state index is 0.229. The third-order valence-corrected chi connectivity index (χ3v) is 3.58. The zero-order valence-electron chi connectivity index (χ0n) is 9.29. The highest BCUT2D eigenvalue weighted by Crippen LogP contribution is 2.10. The lowest BCUT2D eigenvalue weighted by molar-refractivity contribution is 0.0947. The third kappa shape index (κ3) is 3.81. The molecule has 2 N–H and O–H groups in total. The maximum Gasteiger partial charge on any atom is 0.267 e. The summed E-state index contributed by atoms with van der Waals surface area (Å²) in [5.74, 6) is 0.179. The molecule has 0 aliphatic heterocycles. The molecule has 1 amide bonds. The Hall–Kier alpha value is -1.10. The Kier molecular flexibility index (Phi) is 4.73. The monoisotopic (exact) mass is 286 g/mol. The van der Waals surface area contributed by atoms with Crippen molar-refractivity contribution in [2.24, 2.45) is 5.92 Å². The topological polar surface area (TPSA) is 62.0 Å². The number of nitrogens with one attached hydrogen (secondary N) is 2. The third-order valence-electron chi connectivity index (χ3n) is 2.19. The normalized spacial score (nSPS) is 12.5. The molecule has 0 aliphatic carbocycles. The second-order valence-electron chi connectivity index (χ2n) is 3.90. The molecule has 1 aromatic rings. The van der Waals surface area contributed by atoms with Gasteiger partial charge in [0.1, 0.15) is 5.69 Å². The molecule has 88 valence electrons. The largest absolute Gasteiger partial charge is 0.350 e. The first-order chi connectivity index (χ1) is 7.50. The highest BCUT2D eigenvalue weighted by Gasteiger charge is 2.11. The van der Waals surface area contributed by atoms with E-state index in [0.29, 0.717) is 12.5 Å². The van der Waals surface area contributed by atoms with Gasteiger partial charge in [0.15, 0.2) is 0 Å². The van der Waals surface area contributed by atoms with Gasteiger partial charge < -0.3 is 10.3 Å². The molecule has 4 nitrogen and oxygen atoms in total. The molecule has 0 aromatic carbocycles. The first-order valence-corrected chi connectivity index (χ1v) is 6.04. The molecule has 0 bridgehead atoms. The number of H-pyrrole nitrogens is 1. The molecular formula is C11H15BrN2O2. The minimum atomic E-state index is -0.271. The average Bonchev–Trinajstić information content (AvgIpc) is 2.25. The second-order valence-corrected chi connectivity index (χ2v) is 5.07. The van der Waals surface area contributed by atoms with Gasteiger partial charge in [-0.2, -0.15) is 0 Å². The van der Waals surface area contributed by atoms with E-state index in [1.54, 1.807) is 12.1 Å². The molecule has 1 heterocycles. The van der Waals surface area contributed by atoms with Crippen molar-refractivity contribution in [1.82, 2.24) is 10.3 Å². The van der Waals surface area contributed by atoms with E-state index in [2.05, 4.69) is 40.1 Å². The average molecular weight is 287 g/mol. The van der Waals surface area contributed by atoms with Crippen LogP contribution < -0.4 is 10.9 Å². The van der Waals surface area contributed by atoms with Crippen molar-refractivity contribution >= 4 is 21.8 Å². The molecule has 0 radical (unpaired) electrons. The smallest absolute Gasteiger partial charge is 0.267 e. The van der Waals surface area contributed by atoms with Crippen LogP contribution in [0.4, 0.5) is 0 Å². The molecule has 1 atom stereocenters. The number of pyridine rings is 1. The van der Waals surface area contributed by atoms with E-state index in [1.165, 1.54) is 6.07 Å². The highest BCUT2D eigenvalue weighted by atomic mass is 79.9. The van der Waals surface area contributed by atoms with Crippen molar-refractivity contribution in [3.05, 3.63) is 34.2 Å². The molecule has 1 aromatic heterocycles. The molecule has 5 heteroatoms. The Bertz CT molecular complexity index is 414. The number of hydrogen-bond donors (Lipinski definition) is 2. The van der Waals surface area contributed by atoms with Gasteiger partial charge in [-0.3, -0.25) is 9.59 Å². The van der Waals surface area contributed by atoms with Crippen molar-refractivity contribution in [2.75, 3.05) is 6.54 Å². The van der Waals surface area contributed by atoms with Crippen molar-refractivity contribution < 1.29 is 4.79 Å². The summed E-state index contributed by atoms with van der Waals surface area (Å²) in [7, 11) is 0. The SMILES string of the molecule is CC(C)C(Br)CNC(=O)c1cccc(=O)[nH]1. The molecule has 0 aliphatic rings. The van der Waals surface area contributed by atoms with Crippen LogP contribution >= 0.6 is 15.9 Å². The van der Waals surface area contributed by atoms with Crippen LogP contribution in [-0.2, 0) is 0 Å². The lowest BCUT2D eigenvalue weighted by atomic mass is 10.1. The fourth-order valence-corrected chi connectivity index (χ4v) is 1.26. The van der Waals surface area contributed by atoms with Gasteiger partial charge in [0.2, 0.25) is 5.56 Å². The quantitative estimate of drug-likeness (QED) is 0.825. The molecular weight excluding hydrogens is 272 g/mol. The van der Waals surface area contributed by atoms with E-state index >= 15 is 0 Å². The van der Waals surface area contributed by atoms with Crippen LogP contribution in [0, 0.1) is 5.92 Å². The van der Waals surface area contributed by atoms with Crippen LogP contribution in [0.25, 0.3) is 0 Å². The van der Waals surface area contributed by atoms with Gasteiger partial charge in [-0.25, -0.2) is 0 Å². The van der Waals surface area contributed by atoms with E-state index in [1.807, 2.05) is 0 Å². The number of aromatic amines is 1. The van der Waals surface area contributed by atoms with Crippen LogP contribution in [0.2, 0.25) is 0 Å². The lowest BCUT2D eigenvalue weighted by Crippen LogP contribution is -2.32. The van der Waals surface area contributed by atoms with Crippen LogP contribution in [0.15, 0.2) is 23.0 Å². The number of carbonyl (C=O) groups excluding carboxylic acids is 1. The number of amides is 1. The number of alkyl halides is 1. The summed E-state index contributed by atoms with van der Waals surface area (Å²) < 4.78 is 0. The first kappa shape index (κ1) is 13.0. The summed E-state index contributed by atoms with van der Waals surface area (Å²) in [5, 5.41) is 2.75. The summed E-state index contributed by atoms with van der Waals surface area (Å²) >= 11 is 3.47. The number of rotatable bonds is 4. The Balaban J connectivity index is 2.57. The van der Waals surface area contributed by atoms with Gasteiger partial charge in [-0.1, -0.05) is 35.8 Å². The van der Waals surface area contributed by atoms with Gasteiger partial charge in [0, 0.05) is 17.4 Å². The molecule has 1 unspecified atom stereocenters. The van der Waals surface area contributed by atoms with Crippen LogP contribution in [-0.4, -0.2) is 22.3 Å². The Labute approximate surface area is 103 Å². The molecule has 0 fully saturated rings. The van der Waals surface area contributed by atoms with E-state index < -0.39 is 0 Å². The summed E-state index contributed by atoms with van der Waals surface area (Å²) in [5.41, 5.74) is 0.0165. The molecule has 0 saturated heterocycles. The summed E-state index contributed by atoms with van der Waals surface area (Å²) in [4.78, 5) is 25.3. The fourth-order valence-electron chi connectivity index (χ4n) is 1.10. The lowest BCUT2D eigenvalue weighted by Gasteiger charge is -2.14. The van der Waals surface area contributed by atoms with Gasteiger partial charge in [-0.05, 0) is 12.0 Å². The van der Waals surface area contributed by atoms with Gasteiger partial charge >= 0.3 is 0 Å². The molecule has 0 spiro atoms. The number of halogens is 1. The minimum Gasteiger partial charge on any atom is -0.350 e. The van der Waals surface area contributed by atoms with E-state index in [4.69, 9.17) is 0 Å². The second kappa shape index (κ2) is 5.84. The van der Waals surface area contributed by atoms with Crippen LogP contribution in [0.3, 0.4) is 0 Å². The van der Waals surface area contributed by atoms with Gasteiger partial charge in [-0.15, -0.1) is 0 Å². The van der Waals surface area contributed by atoms with Crippen molar-refractivity contribution in [2.45, 2.75) is 18.7 Å². The zero-order chi connectivity index (χ0) is 12.1.